The molecule has 0 fully saturated rings. The fourth-order valence-corrected chi connectivity index (χ4v) is 4.27. The molecular weight excluding hydrogens is 441 g/mol. The first kappa shape index (κ1) is 21.8. The van der Waals surface area contributed by atoms with E-state index in [0.717, 1.165) is 34.1 Å². The molecule has 0 radical (unpaired) electrons. The summed E-state index contributed by atoms with van der Waals surface area (Å²) >= 11 is 0. The fraction of sp³-hybridized carbons (Fsp3) is 0.154. The van der Waals surface area contributed by atoms with Crippen LogP contribution in [-0.2, 0) is 31.0 Å². The van der Waals surface area contributed by atoms with E-state index < -0.39 is 11.7 Å². The molecule has 34 heavy (non-hydrogen) atoms. The van der Waals surface area contributed by atoms with Gasteiger partial charge in [-0.05, 0) is 41.5 Å². The molecule has 8 heteroatoms. The Balaban J connectivity index is 1.46. The molecule has 172 valence electrons. The average molecular weight is 462 g/mol. The maximum absolute atomic E-state index is 13.2. The molecule has 0 atom stereocenters. The first-order valence-electron chi connectivity index (χ1n) is 10.7. The third-order valence-electron chi connectivity index (χ3n) is 5.83. The smallest absolute Gasteiger partial charge is 0.350 e. The number of hydrogen-bond donors (Lipinski definition) is 1. The summed E-state index contributed by atoms with van der Waals surface area (Å²) in [7, 11) is 1.93. The van der Waals surface area contributed by atoms with Gasteiger partial charge in [0.1, 0.15) is 0 Å². The average Bonchev–Trinajstić information content (AvgIpc) is 3.31. The fourth-order valence-electron chi connectivity index (χ4n) is 4.27. The molecule has 0 saturated heterocycles. The topological polar surface area (TPSA) is 51.9 Å². The summed E-state index contributed by atoms with van der Waals surface area (Å²) in [4.78, 5) is 17.5. The number of amides is 1. The van der Waals surface area contributed by atoms with Gasteiger partial charge >= 0.3 is 6.18 Å². The van der Waals surface area contributed by atoms with Crippen LogP contribution in [0.2, 0.25) is 0 Å². The van der Waals surface area contributed by atoms with Crippen LogP contribution < -0.4 is 5.32 Å². The molecule has 0 spiro atoms. The Kier molecular flexibility index (Phi) is 5.36. The van der Waals surface area contributed by atoms with Crippen LogP contribution in [-0.4, -0.2) is 20.0 Å². The normalized spacial score (nSPS) is 11.9. The molecule has 0 aliphatic carbocycles. The van der Waals surface area contributed by atoms with Crippen molar-refractivity contribution in [3.05, 3.63) is 95.7 Å². The predicted molar refractivity (Wildman–Crippen MR) is 126 cm³/mol. The van der Waals surface area contributed by atoms with Gasteiger partial charge in [0.15, 0.2) is 0 Å². The van der Waals surface area contributed by atoms with Crippen molar-refractivity contribution in [3.63, 3.8) is 0 Å². The van der Waals surface area contributed by atoms with Gasteiger partial charge in [-0.15, -0.1) is 0 Å². The van der Waals surface area contributed by atoms with E-state index in [2.05, 4.69) is 10.3 Å². The number of carbonyl (C=O) groups is 1. The van der Waals surface area contributed by atoms with E-state index in [9.17, 15) is 18.0 Å². The molecule has 5 aromatic rings. The number of halogens is 3. The number of aromatic nitrogens is 3. The van der Waals surface area contributed by atoms with E-state index in [4.69, 9.17) is 0 Å². The van der Waals surface area contributed by atoms with Crippen molar-refractivity contribution in [2.24, 2.45) is 7.05 Å². The van der Waals surface area contributed by atoms with Gasteiger partial charge in [0, 0.05) is 24.1 Å². The van der Waals surface area contributed by atoms with Gasteiger partial charge < -0.3 is 9.13 Å². The summed E-state index contributed by atoms with van der Waals surface area (Å²) in [6.45, 7) is 0.133. The quantitative estimate of drug-likeness (QED) is 0.360. The molecule has 5 nitrogen and oxygen atoms in total. The number of anilines is 1. The maximum atomic E-state index is 13.2. The second-order valence-corrected chi connectivity index (χ2v) is 8.22. The molecule has 0 saturated carbocycles. The van der Waals surface area contributed by atoms with E-state index in [-0.39, 0.29) is 18.9 Å². The number of para-hydroxylation sites is 3. The Labute approximate surface area is 193 Å². The molecule has 0 bridgehead atoms. The number of fused-ring (bicyclic) bond motifs is 2. The minimum atomic E-state index is -4.43. The third-order valence-corrected chi connectivity index (χ3v) is 5.83. The lowest BCUT2D eigenvalue weighted by atomic mass is 10.1. The van der Waals surface area contributed by atoms with Crippen LogP contribution in [0, 0.1) is 0 Å². The Morgan fingerprint density at radius 3 is 2.50 bits per heavy atom. The van der Waals surface area contributed by atoms with Gasteiger partial charge in [0.25, 0.3) is 0 Å². The number of hydrogen-bond acceptors (Lipinski definition) is 2. The van der Waals surface area contributed by atoms with Gasteiger partial charge in [-0.2, -0.15) is 13.2 Å². The van der Waals surface area contributed by atoms with E-state index in [1.165, 1.54) is 6.07 Å². The molecule has 1 N–H and O–H groups in total. The summed E-state index contributed by atoms with van der Waals surface area (Å²) in [5.74, 6) is 0.0424. The maximum Gasteiger partial charge on any atom is 0.416 e. The van der Waals surface area contributed by atoms with Crippen molar-refractivity contribution in [1.82, 2.24) is 14.1 Å². The summed E-state index contributed by atoms with van der Waals surface area (Å²) in [6, 6.07) is 20.3. The number of imidazole rings is 1. The summed E-state index contributed by atoms with van der Waals surface area (Å²) < 4.78 is 43.3. The summed E-state index contributed by atoms with van der Waals surface area (Å²) in [5, 5.41) is 3.87. The Hall–Kier alpha value is -4.07. The van der Waals surface area contributed by atoms with Gasteiger partial charge in [0.05, 0.1) is 29.6 Å². The molecule has 3 aromatic carbocycles. The van der Waals surface area contributed by atoms with E-state index >= 15 is 0 Å². The van der Waals surface area contributed by atoms with Crippen LogP contribution in [0.25, 0.3) is 21.9 Å². The highest BCUT2D eigenvalue weighted by atomic mass is 19.4. The Morgan fingerprint density at radius 1 is 0.971 bits per heavy atom. The number of nitrogens with one attached hydrogen (secondary N) is 1. The zero-order chi connectivity index (χ0) is 23.9. The SMILES string of the molecule is Cn1cc(CC(=O)Nc2nc3ccccc3n2Cc2cccc(C(F)(F)F)c2)c2ccccc21. The third kappa shape index (κ3) is 4.14. The van der Waals surface area contributed by atoms with Crippen LogP contribution in [0.5, 0.6) is 0 Å². The summed E-state index contributed by atoms with van der Waals surface area (Å²) in [5.41, 5.74) is 3.03. The lowest BCUT2D eigenvalue weighted by Crippen LogP contribution is -2.18. The molecule has 0 unspecified atom stereocenters. The highest BCUT2D eigenvalue weighted by molar-refractivity contribution is 5.96. The minimum absolute atomic E-state index is 0.133. The number of rotatable bonds is 5. The second kappa shape index (κ2) is 8.37. The number of aryl methyl sites for hydroxylation is 1. The zero-order valence-corrected chi connectivity index (χ0v) is 18.3. The Bertz CT molecular complexity index is 1510. The van der Waals surface area contributed by atoms with Gasteiger partial charge in [-0.1, -0.05) is 42.5 Å². The molecule has 5 rings (SSSR count). The van der Waals surface area contributed by atoms with Crippen LogP contribution in [0.15, 0.2) is 79.0 Å². The van der Waals surface area contributed by atoms with E-state index in [1.807, 2.05) is 60.3 Å². The number of nitrogens with zero attached hydrogens (tertiary/aromatic N) is 3. The predicted octanol–water partition coefficient (Wildman–Crippen LogP) is 5.78. The van der Waals surface area contributed by atoms with Crippen molar-refractivity contribution in [3.8, 4) is 0 Å². The van der Waals surface area contributed by atoms with E-state index in [1.54, 1.807) is 16.7 Å². The van der Waals surface area contributed by atoms with Gasteiger partial charge in [-0.25, -0.2) is 4.98 Å². The lowest BCUT2D eigenvalue weighted by Gasteiger charge is -2.12. The number of carbonyl (C=O) groups excluding carboxylic acids is 1. The van der Waals surface area contributed by atoms with Gasteiger partial charge in [0.2, 0.25) is 11.9 Å². The van der Waals surface area contributed by atoms with Crippen LogP contribution in [0.4, 0.5) is 19.1 Å². The van der Waals surface area contributed by atoms with E-state index in [0.29, 0.717) is 17.0 Å². The molecule has 2 aromatic heterocycles. The van der Waals surface area contributed by atoms with Crippen molar-refractivity contribution in [2.75, 3.05) is 5.32 Å². The first-order chi connectivity index (χ1) is 16.3. The summed E-state index contributed by atoms with van der Waals surface area (Å²) in [6.07, 6.45) is -2.35. The highest BCUT2D eigenvalue weighted by Crippen LogP contribution is 2.30. The Morgan fingerprint density at radius 2 is 1.71 bits per heavy atom. The minimum Gasteiger partial charge on any atom is -0.350 e. The molecular formula is C26H21F3N4O. The van der Waals surface area contributed by atoms with Crippen LogP contribution in [0.3, 0.4) is 0 Å². The van der Waals surface area contributed by atoms with Crippen molar-refractivity contribution in [1.29, 1.82) is 0 Å². The molecule has 2 heterocycles. The van der Waals surface area contributed by atoms with Crippen LogP contribution >= 0.6 is 0 Å². The zero-order valence-electron chi connectivity index (χ0n) is 18.3. The van der Waals surface area contributed by atoms with Crippen molar-refractivity contribution in [2.45, 2.75) is 19.1 Å². The van der Waals surface area contributed by atoms with Gasteiger partial charge in [-0.3, -0.25) is 10.1 Å². The molecule has 0 aliphatic rings. The first-order valence-corrected chi connectivity index (χ1v) is 10.7. The largest absolute Gasteiger partial charge is 0.416 e. The van der Waals surface area contributed by atoms with Crippen molar-refractivity contribution >= 4 is 33.8 Å². The lowest BCUT2D eigenvalue weighted by molar-refractivity contribution is -0.137. The molecule has 1 amide bonds. The number of benzene rings is 3. The monoisotopic (exact) mass is 462 g/mol. The van der Waals surface area contributed by atoms with Crippen molar-refractivity contribution < 1.29 is 18.0 Å². The second-order valence-electron chi connectivity index (χ2n) is 8.22. The molecule has 0 aliphatic heterocycles. The van der Waals surface area contributed by atoms with Crippen LogP contribution in [0.1, 0.15) is 16.7 Å². The number of alkyl halides is 3. The standard InChI is InChI=1S/C26H21F3N4O/c1-32-16-18(20-9-2-4-11-22(20)32)14-24(34)31-25-30-21-10-3-5-12-23(21)33(25)15-17-7-6-8-19(13-17)26(27,28)29/h2-13,16H,14-15H2,1H3,(H,30,31,34). The highest BCUT2D eigenvalue weighted by Gasteiger charge is 2.30.